The summed E-state index contributed by atoms with van der Waals surface area (Å²) in [5.41, 5.74) is 7.48. The van der Waals surface area contributed by atoms with Crippen LogP contribution in [0.2, 0.25) is 0 Å². The van der Waals surface area contributed by atoms with E-state index in [1.54, 1.807) is 12.1 Å². The molecule has 2 rings (SSSR count). The smallest absolute Gasteiger partial charge is 0.137 e. The summed E-state index contributed by atoms with van der Waals surface area (Å²) < 4.78 is 0. The van der Waals surface area contributed by atoms with Crippen molar-refractivity contribution in [2.45, 2.75) is 6.42 Å². The van der Waals surface area contributed by atoms with E-state index in [2.05, 4.69) is 20.5 Å². The van der Waals surface area contributed by atoms with Gasteiger partial charge >= 0.3 is 0 Å². The molecule has 1 aromatic heterocycles. The number of hydrogen-bond donors (Lipinski definition) is 3. The van der Waals surface area contributed by atoms with Crippen LogP contribution in [0.4, 0.5) is 11.4 Å². The number of anilines is 2. The highest BCUT2D eigenvalue weighted by Crippen LogP contribution is 2.16. The van der Waals surface area contributed by atoms with E-state index in [-0.39, 0.29) is 0 Å². The van der Waals surface area contributed by atoms with E-state index < -0.39 is 0 Å². The number of hydrogen-bond acceptors (Lipinski definition) is 5. The third-order valence-corrected chi connectivity index (χ3v) is 2.33. The minimum Gasteiger partial charge on any atom is -0.398 e. The first-order valence-corrected chi connectivity index (χ1v) is 5.17. The molecule has 0 aliphatic rings. The maximum Gasteiger partial charge on any atom is 0.137 e. The average Bonchev–Trinajstić information content (AvgIpc) is 2.84. The van der Waals surface area contributed by atoms with Crippen LogP contribution < -0.4 is 11.1 Å². The lowest BCUT2D eigenvalue weighted by molar-refractivity contribution is 0.901. The standard InChI is InChI=1S/C11H12N6/c12-6-8-5-9(1-2-10(8)13)14-4-3-11-15-7-16-17-11/h1-2,5,7,14H,3-4,13H2,(H,15,16,17). The predicted octanol–water partition coefficient (Wildman–Crippen LogP) is 0.913. The van der Waals surface area contributed by atoms with Crippen LogP contribution in [0.5, 0.6) is 0 Å². The molecular formula is C11H12N6. The van der Waals surface area contributed by atoms with E-state index in [1.165, 1.54) is 6.33 Å². The lowest BCUT2D eigenvalue weighted by Crippen LogP contribution is -2.06. The Morgan fingerprint density at radius 3 is 3.06 bits per heavy atom. The van der Waals surface area contributed by atoms with Crippen molar-refractivity contribution >= 4 is 11.4 Å². The van der Waals surface area contributed by atoms with Gasteiger partial charge in [-0.2, -0.15) is 10.4 Å². The second-order valence-electron chi connectivity index (χ2n) is 3.52. The molecule has 2 aromatic rings. The van der Waals surface area contributed by atoms with Crippen LogP contribution in [0.25, 0.3) is 0 Å². The fraction of sp³-hybridized carbons (Fsp3) is 0.182. The van der Waals surface area contributed by atoms with Crippen molar-refractivity contribution in [3.63, 3.8) is 0 Å². The Bertz CT molecular complexity index is 525. The van der Waals surface area contributed by atoms with Crippen LogP contribution in [-0.4, -0.2) is 21.7 Å². The molecule has 0 amide bonds. The second kappa shape index (κ2) is 4.99. The van der Waals surface area contributed by atoms with Gasteiger partial charge in [0.25, 0.3) is 0 Å². The van der Waals surface area contributed by atoms with Crippen molar-refractivity contribution in [2.75, 3.05) is 17.6 Å². The number of nitrogens with zero attached hydrogens (tertiary/aromatic N) is 3. The summed E-state index contributed by atoms with van der Waals surface area (Å²) in [6, 6.07) is 7.34. The number of nitrogens with one attached hydrogen (secondary N) is 2. The summed E-state index contributed by atoms with van der Waals surface area (Å²) in [7, 11) is 0. The van der Waals surface area contributed by atoms with Gasteiger partial charge in [0, 0.05) is 24.3 Å². The average molecular weight is 228 g/mol. The number of benzene rings is 1. The molecule has 0 spiro atoms. The molecule has 0 atom stereocenters. The highest BCUT2D eigenvalue weighted by atomic mass is 15.2. The van der Waals surface area contributed by atoms with Gasteiger partial charge in [-0.25, -0.2) is 4.98 Å². The zero-order valence-corrected chi connectivity index (χ0v) is 9.14. The van der Waals surface area contributed by atoms with E-state index in [0.29, 0.717) is 17.8 Å². The number of rotatable bonds is 4. The zero-order valence-electron chi connectivity index (χ0n) is 9.14. The number of H-pyrrole nitrogens is 1. The van der Waals surface area contributed by atoms with Crippen molar-refractivity contribution in [3.8, 4) is 6.07 Å². The molecule has 0 aliphatic heterocycles. The monoisotopic (exact) mass is 228 g/mol. The lowest BCUT2D eigenvalue weighted by atomic mass is 10.2. The van der Waals surface area contributed by atoms with Gasteiger partial charge in [0.15, 0.2) is 0 Å². The molecule has 1 aromatic carbocycles. The maximum atomic E-state index is 8.84. The summed E-state index contributed by atoms with van der Waals surface area (Å²) in [6.45, 7) is 0.712. The molecule has 1 heterocycles. The molecule has 0 saturated carbocycles. The molecule has 0 aliphatic carbocycles. The van der Waals surface area contributed by atoms with Crippen LogP contribution in [-0.2, 0) is 6.42 Å². The topological polar surface area (TPSA) is 103 Å². The van der Waals surface area contributed by atoms with Gasteiger partial charge in [-0.05, 0) is 18.2 Å². The minimum absolute atomic E-state index is 0.481. The Morgan fingerprint density at radius 1 is 1.47 bits per heavy atom. The molecule has 17 heavy (non-hydrogen) atoms. The lowest BCUT2D eigenvalue weighted by Gasteiger charge is -2.06. The molecule has 86 valence electrons. The van der Waals surface area contributed by atoms with Crippen molar-refractivity contribution in [2.24, 2.45) is 0 Å². The molecule has 4 N–H and O–H groups in total. The molecule has 6 heteroatoms. The van der Waals surface area contributed by atoms with Gasteiger partial charge in [-0.3, -0.25) is 5.10 Å². The van der Waals surface area contributed by atoms with Crippen molar-refractivity contribution in [1.29, 1.82) is 5.26 Å². The van der Waals surface area contributed by atoms with Gasteiger partial charge < -0.3 is 11.1 Å². The number of nitriles is 1. The number of nitrogens with two attached hydrogens (primary N) is 1. The van der Waals surface area contributed by atoms with Crippen LogP contribution in [0.3, 0.4) is 0 Å². The Morgan fingerprint density at radius 2 is 2.35 bits per heavy atom. The molecule has 0 bridgehead atoms. The first-order valence-electron chi connectivity index (χ1n) is 5.17. The van der Waals surface area contributed by atoms with Crippen molar-refractivity contribution < 1.29 is 0 Å². The van der Waals surface area contributed by atoms with Gasteiger partial charge in [0.2, 0.25) is 0 Å². The largest absolute Gasteiger partial charge is 0.398 e. The summed E-state index contributed by atoms with van der Waals surface area (Å²) in [5, 5.41) is 18.6. The fourth-order valence-corrected chi connectivity index (χ4v) is 1.44. The van der Waals surface area contributed by atoms with Crippen LogP contribution in [0.1, 0.15) is 11.4 Å². The van der Waals surface area contributed by atoms with Gasteiger partial charge in [-0.15, -0.1) is 0 Å². The molecule has 0 saturated heterocycles. The van der Waals surface area contributed by atoms with Crippen molar-refractivity contribution in [1.82, 2.24) is 15.2 Å². The van der Waals surface area contributed by atoms with Gasteiger partial charge in [0.05, 0.1) is 5.56 Å². The quantitative estimate of drug-likeness (QED) is 0.675. The first-order chi connectivity index (χ1) is 8.29. The third kappa shape index (κ3) is 2.72. The molecular weight excluding hydrogens is 216 g/mol. The molecule has 0 fully saturated rings. The number of aromatic nitrogens is 3. The Kier molecular flexibility index (Phi) is 3.21. The van der Waals surface area contributed by atoms with Gasteiger partial charge in [-0.1, -0.05) is 0 Å². The van der Waals surface area contributed by atoms with E-state index in [9.17, 15) is 0 Å². The van der Waals surface area contributed by atoms with E-state index in [0.717, 1.165) is 17.9 Å². The van der Waals surface area contributed by atoms with Gasteiger partial charge in [0.1, 0.15) is 18.2 Å². The fourth-order valence-electron chi connectivity index (χ4n) is 1.44. The summed E-state index contributed by atoms with van der Waals surface area (Å²) in [5.74, 6) is 0.827. The number of aromatic amines is 1. The SMILES string of the molecule is N#Cc1cc(NCCc2ncn[nH]2)ccc1N. The molecule has 0 radical (unpaired) electrons. The maximum absolute atomic E-state index is 8.84. The second-order valence-corrected chi connectivity index (χ2v) is 3.52. The number of nitrogen functional groups attached to an aromatic ring is 1. The van der Waals surface area contributed by atoms with E-state index >= 15 is 0 Å². The summed E-state index contributed by atoms with van der Waals surface area (Å²) in [4.78, 5) is 4.02. The van der Waals surface area contributed by atoms with Crippen LogP contribution >= 0.6 is 0 Å². The summed E-state index contributed by atoms with van der Waals surface area (Å²) in [6.07, 6.45) is 2.22. The Hall–Kier alpha value is -2.55. The highest BCUT2D eigenvalue weighted by Gasteiger charge is 2.00. The summed E-state index contributed by atoms with van der Waals surface area (Å²) >= 11 is 0. The first kappa shape index (κ1) is 11.0. The molecule has 0 unspecified atom stereocenters. The minimum atomic E-state index is 0.481. The highest BCUT2D eigenvalue weighted by molar-refractivity contribution is 5.61. The van der Waals surface area contributed by atoms with Crippen LogP contribution in [0, 0.1) is 11.3 Å². The van der Waals surface area contributed by atoms with Crippen molar-refractivity contribution in [3.05, 3.63) is 35.9 Å². The van der Waals surface area contributed by atoms with E-state index in [1.807, 2.05) is 12.1 Å². The Balaban J connectivity index is 1.93. The zero-order chi connectivity index (χ0) is 12.1. The molecule has 6 nitrogen and oxygen atoms in total. The predicted molar refractivity (Wildman–Crippen MR) is 64.1 cm³/mol. The van der Waals surface area contributed by atoms with Crippen LogP contribution in [0.15, 0.2) is 24.5 Å². The Labute approximate surface area is 98.5 Å². The van der Waals surface area contributed by atoms with E-state index in [4.69, 9.17) is 11.0 Å². The third-order valence-electron chi connectivity index (χ3n) is 2.33. The normalized spacial score (nSPS) is 9.82.